The van der Waals surface area contributed by atoms with Gasteiger partial charge in [-0.2, -0.15) is 0 Å². The zero-order valence-electron chi connectivity index (χ0n) is 20.9. The van der Waals surface area contributed by atoms with Crippen molar-refractivity contribution in [3.8, 4) is 0 Å². The van der Waals surface area contributed by atoms with Crippen LogP contribution in [0.15, 0.2) is 58.6 Å². The standard InChI is InChI=1S/C24H23N7O7S2/c1-2-14(22(34)35)38-28-16(13-11-40-24(25)26-13)19(32)27-17-20(33)31-18(23(36)37)12(10-39-21(17)31)9-30-8-7-29-6-4-3-5-15(29)30/h3-8,11,14,17,21H,2,9-10H2,1H3,(H4-,25,26,27,32,34,35,36,37)/b28-16-/t14?,17-,21-/m1/s1. The van der Waals surface area contributed by atoms with E-state index in [-0.39, 0.29) is 41.0 Å². The number of nitrogens with zero attached hydrogens (tertiary/aromatic N) is 5. The van der Waals surface area contributed by atoms with E-state index in [1.165, 1.54) is 17.1 Å². The number of hydrogen-bond acceptors (Lipinski definition) is 11. The number of nitrogens with two attached hydrogens (primary N) is 1. The summed E-state index contributed by atoms with van der Waals surface area (Å²) >= 11 is 2.33. The molecule has 2 amide bonds. The molecule has 0 saturated carbocycles. The van der Waals surface area contributed by atoms with Gasteiger partial charge in [-0.3, -0.25) is 14.5 Å². The van der Waals surface area contributed by atoms with Crippen LogP contribution in [0.3, 0.4) is 0 Å². The summed E-state index contributed by atoms with van der Waals surface area (Å²) in [5.74, 6) is -3.97. The number of oxime groups is 1. The van der Waals surface area contributed by atoms with Crippen molar-refractivity contribution in [2.45, 2.75) is 37.4 Å². The smallest absolute Gasteiger partial charge is 0.347 e. The van der Waals surface area contributed by atoms with Gasteiger partial charge in [-0.25, -0.2) is 18.7 Å². The molecule has 0 radical (unpaired) electrons. The number of thioether (sulfide) groups is 1. The van der Waals surface area contributed by atoms with Crippen molar-refractivity contribution in [2.24, 2.45) is 5.16 Å². The molecule has 0 aliphatic carbocycles. The minimum atomic E-state index is -1.49. The lowest BCUT2D eigenvalue weighted by atomic mass is 10.0. The van der Waals surface area contributed by atoms with Crippen LogP contribution in [0.25, 0.3) is 5.65 Å². The lowest BCUT2D eigenvalue weighted by Crippen LogP contribution is -2.71. The van der Waals surface area contributed by atoms with E-state index < -0.39 is 41.3 Å². The fourth-order valence-electron chi connectivity index (χ4n) is 4.40. The molecule has 40 heavy (non-hydrogen) atoms. The first-order chi connectivity index (χ1) is 19.2. The maximum Gasteiger partial charge on any atom is 0.347 e. The number of rotatable bonds is 10. The normalized spacial score (nSPS) is 19.7. The zero-order chi connectivity index (χ0) is 28.6. The van der Waals surface area contributed by atoms with E-state index in [0.717, 1.165) is 21.9 Å². The fraction of sp³-hybridized carbons (Fsp3) is 0.292. The predicted octanol–water partition coefficient (Wildman–Crippen LogP) is -1.05. The molecule has 1 unspecified atom stereocenters. The van der Waals surface area contributed by atoms with Crippen LogP contribution in [0.4, 0.5) is 5.13 Å². The van der Waals surface area contributed by atoms with Gasteiger partial charge in [0.2, 0.25) is 6.10 Å². The molecular formula is C24H23N7O7S2. The van der Waals surface area contributed by atoms with E-state index in [0.29, 0.717) is 5.57 Å². The van der Waals surface area contributed by atoms with E-state index in [2.05, 4.69) is 15.5 Å². The van der Waals surface area contributed by atoms with Crippen LogP contribution in [0.2, 0.25) is 0 Å². The summed E-state index contributed by atoms with van der Waals surface area (Å²) in [5, 5.41) is 28.6. The van der Waals surface area contributed by atoms with Gasteiger partial charge in [-0.1, -0.05) is 18.1 Å². The highest BCUT2D eigenvalue weighted by atomic mass is 32.2. The number of nitrogen functional groups attached to an aromatic ring is 1. The lowest BCUT2D eigenvalue weighted by molar-refractivity contribution is -0.662. The molecule has 2 aliphatic heterocycles. The van der Waals surface area contributed by atoms with Crippen LogP contribution in [-0.2, 0) is 30.6 Å². The van der Waals surface area contributed by atoms with Gasteiger partial charge in [0.25, 0.3) is 17.5 Å². The average Bonchev–Trinajstić information content (AvgIpc) is 3.55. The largest absolute Gasteiger partial charge is 0.543 e. The molecule has 208 valence electrons. The summed E-state index contributed by atoms with van der Waals surface area (Å²) in [5.41, 5.74) is 6.46. The van der Waals surface area contributed by atoms with Crippen LogP contribution in [0.1, 0.15) is 19.0 Å². The second kappa shape index (κ2) is 11.0. The molecule has 3 aromatic rings. The highest BCUT2D eigenvalue weighted by Crippen LogP contribution is 2.40. The van der Waals surface area contributed by atoms with Crippen LogP contribution in [0.5, 0.6) is 0 Å². The molecule has 0 spiro atoms. The number of nitrogens with one attached hydrogen (secondary N) is 1. The second-order valence-electron chi connectivity index (χ2n) is 8.84. The van der Waals surface area contributed by atoms with Crippen LogP contribution in [-0.4, -0.2) is 72.1 Å². The van der Waals surface area contributed by atoms with Crippen molar-refractivity contribution >= 4 is 63.3 Å². The van der Waals surface area contributed by atoms with E-state index >= 15 is 0 Å². The third-order valence-electron chi connectivity index (χ3n) is 6.35. The van der Waals surface area contributed by atoms with Gasteiger partial charge < -0.3 is 30.9 Å². The van der Waals surface area contributed by atoms with Gasteiger partial charge in [-0.15, -0.1) is 23.1 Å². The molecule has 1 fully saturated rings. The van der Waals surface area contributed by atoms with E-state index in [1.54, 1.807) is 6.92 Å². The number of anilines is 1. The Kier molecular flexibility index (Phi) is 7.44. The van der Waals surface area contributed by atoms with Gasteiger partial charge in [0.15, 0.2) is 10.8 Å². The van der Waals surface area contributed by atoms with Crippen molar-refractivity contribution < 1.29 is 38.8 Å². The van der Waals surface area contributed by atoms with Crippen molar-refractivity contribution in [1.29, 1.82) is 0 Å². The quantitative estimate of drug-likeness (QED) is 0.114. The Labute approximate surface area is 234 Å². The van der Waals surface area contributed by atoms with Gasteiger partial charge in [-0.05, 0) is 12.5 Å². The van der Waals surface area contributed by atoms with Crippen molar-refractivity contribution in [3.63, 3.8) is 0 Å². The number of β-lactam (4-membered cyclic amide) rings is 1. The van der Waals surface area contributed by atoms with Crippen LogP contribution >= 0.6 is 23.1 Å². The van der Waals surface area contributed by atoms with Gasteiger partial charge in [0.1, 0.15) is 36.0 Å². The Bertz CT molecular complexity index is 1580. The third-order valence-corrected chi connectivity index (χ3v) is 8.37. The van der Waals surface area contributed by atoms with E-state index in [9.17, 15) is 29.4 Å². The lowest BCUT2D eigenvalue weighted by Gasteiger charge is -2.50. The Morgan fingerprint density at radius 3 is 2.85 bits per heavy atom. The van der Waals surface area contributed by atoms with Crippen LogP contribution < -0.4 is 20.7 Å². The number of hydrogen-bond donors (Lipinski definition) is 3. The maximum absolute atomic E-state index is 13.2. The summed E-state index contributed by atoms with van der Waals surface area (Å²) in [7, 11) is 0. The molecular weight excluding hydrogens is 562 g/mol. The van der Waals surface area contributed by atoms with Gasteiger partial charge in [0, 0.05) is 22.8 Å². The number of carboxylic acids is 2. The number of pyridine rings is 1. The topological polar surface area (TPSA) is 196 Å². The van der Waals surface area contributed by atoms with Crippen molar-refractivity contribution in [2.75, 3.05) is 11.5 Å². The summed E-state index contributed by atoms with van der Waals surface area (Å²) in [6.07, 6.45) is 4.29. The molecule has 5 heterocycles. The van der Waals surface area contributed by atoms with E-state index in [4.69, 9.17) is 10.6 Å². The van der Waals surface area contributed by atoms with Crippen LogP contribution in [0, 0.1) is 0 Å². The highest BCUT2D eigenvalue weighted by molar-refractivity contribution is 8.00. The molecule has 3 aromatic heterocycles. The number of amides is 2. The Morgan fingerprint density at radius 1 is 1.38 bits per heavy atom. The SMILES string of the molecule is CCC(O/N=C(\C(=O)N[C@@H]1C(=O)N2C(C(=O)[O-])=C(C[n+]3ccn4ccccc43)CS[C@H]12)c1csc(N)n1)C(=O)O. The summed E-state index contributed by atoms with van der Waals surface area (Å²) in [6.45, 7) is 1.80. The Balaban J connectivity index is 1.36. The molecule has 16 heteroatoms. The minimum Gasteiger partial charge on any atom is -0.543 e. The number of imidazole rings is 1. The Hall–Kier alpha value is -4.44. The third kappa shape index (κ3) is 4.98. The fourth-order valence-corrected chi connectivity index (χ4v) is 6.28. The first-order valence-electron chi connectivity index (χ1n) is 12.0. The highest BCUT2D eigenvalue weighted by Gasteiger charge is 2.53. The van der Waals surface area contributed by atoms with Crippen molar-refractivity contribution in [1.82, 2.24) is 19.6 Å². The second-order valence-corrected chi connectivity index (χ2v) is 10.8. The Morgan fingerprint density at radius 2 is 2.17 bits per heavy atom. The predicted molar refractivity (Wildman–Crippen MR) is 141 cm³/mol. The number of fused-ring (bicyclic) bond motifs is 2. The molecule has 4 N–H and O–H groups in total. The number of aliphatic carboxylic acids is 2. The molecule has 2 aliphatic rings. The number of carbonyl (C=O) groups excluding carboxylic acids is 3. The first-order valence-corrected chi connectivity index (χ1v) is 13.9. The average molecular weight is 586 g/mol. The molecule has 0 bridgehead atoms. The summed E-state index contributed by atoms with van der Waals surface area (Å²) < 4.78 is 3.75. The van der Waals surface area contributed by atoms with Gasteiger partial charge in [0.05, 0.1) is 17.9 Å². The zero-order valence-corrected chi connectivity index (χ0v) is 22.6. The van der Waals surface area contributed by atoms with Crippen molar-refractivity contribution in [3.05, 3.63) is 59.1 Å². The summed E-state index contributed by atoms with van der Waals surface area (Å²) in [6, 6.07) is 4.55. The minimum absolute atomic E-state index is 0.0367. The first kappa shape index (κ1) is 27.1. The van der Waals surface area contributed by atoms with Gasteiger partial charge >= 0.3 is 5.97 Å². The molecule has 0 aromatic carbocycles. The molecule has 1 saturated heterocycles. The van der Waals surface area contributed by atoms with E-state index in [1.807, 2.05) is 45.8 Å². The molecule has 3 atom stereocenters. The number of thiazole rings is 1. The maximum atomic E-state index is 13.2. The summed E-state index contributed by atoms with van der Waals surface area (Å²) in [4.78, 5) is 60.0. The number of aromatic nitrogens is 3. The monoisotopic (exact) mass is 585 g/mol. The molecule has 14 nitrogen and oxygen atoms in total. The number of carbonyl (C=O) groups is 4. The molecule has 5 rings (SSSR count). The number of carboxylic acid groups (broad SMARTS) is 2.